The molecule has 1 aliphatic rings. The molecule has 1 fully saturated rings. The molecule has 1 aromatic heterocycles. The summed E-state index contributed by atoms with van der Waals surface area (Å²) in [6.07, 6.45) is 0.134. The molecule has 0 bridgehead atoms. The number of carboxylic acids is 1. The summed E-state index contributed by atoms with van der Waals surface area (Å²) < 4.78 is 17.2. The van der Waals surface area contributed by atoms with Gasteiger partial charge in [0.15, 0.2) is 0 Å². The minimum absolute atomic E-state index is 0.0237. The lowest BCUT2D eigenvalue weighted by Gasteiger charge is -2.18. The summed E-state index contributed by atoms with van der Waals surface area (Å²) in [5, 5.41) is 10.1. The monoisotopic (exact) mass is 540 g/mol. The van der Waals surface area contributed by atoms with Crippen LogP contribution in [0.25, 0.3) is 11.5 Å². The lowest BCUT2D eigenvalue weighted by Crippen LogP contribution is -2.30. The van der Waals surface area contributed by atoms with Gasteiger partial charge >= 0.3 is 12.1 Å². The minimum atomic E-state index is -0.884. The predicted molar refractivity (Wildman–Crippen MR) is 144 cm³/mol. The first-order chi connectivity index (χ1) is 18.2. The molecule has 8 nitrogen and oxygen atoms in total. The lowest BCUT2D eigenvalue weighted by atomic mass is 9.87. The largest absolute Gasteiger partial charge is 0.493 e. The van der Waals surface area contributed by atoms with E-state index in [9.17, 15) is 14.7 Å². The quantitative estimate of drug-likeness (QED) is 0.326. The SMILES string of the molecule is Cc1oc(-c2cccc(Cl)c2)nc1CCOc1cccc([C@H]2CN(C(=O)OCC(C)C)C[C@H]2CC(=O)O)c1. The van der Waals surface area contributed by atoms with Crippen molar-refractivity contribution in [1.82, 2.24) is 9.88 Å². The van der Waals surface area contributed by atoms with Crippen molar-refractivity contribution in [2.45, 2.75) is 39.5 Å². The van der Waals surface area contributed by atoms with Gasteiger partial charge in [0, 0.05) is 36.0 Å². The van der Waals surface area contributed by atoms with Gasteiger partial charge in [-0.15, -0.1) is 0 Å². The Hall–Kier alpha value is -3.52. The molecule has 1 N–H and O–H groups in total. The Kier molecular flexibility index (Phi) is 8.94. The van der Waals surface area contributed by atoms with E-state index in [4.69, 9.17) is 25.5 Å². The molecular weight excluding hydrogens is 508 g/mol. The molecule has 0 radical (unpaired) electrons. The second-order valence-electron chi connectivity index (χ2n) is 10.0. The third kappa shape index (κ3) is 7.07. The van der Waals surface area contributed by atoms with Gasteiger partial charge in [-0.25, -0.2) is 9.78 Å². The fourth-order valence-electron chi connectivity index (χ4n) is 4.66. The smallest absolute Gasteiger partial charge is 0.409 e. The zero-order valence-electron chi connectivity index (χ0n) is 21.9. The number of aromatic nitrogens is 1. The van der Waals surface area contributed by atoms with Crippen LogP contribution in [0, 0.1) is 18.8 Å². The maximum absolute atomic E-state index is 12.5. The van der Waals surface area contributed by atoms with E-state index in [-0.39, 0.29) is 24.2 Å². The first kappa shape index (κ1) is 27.5. The second-order valence-corrected chi connectivity index (χ2v) is 10.5. The summed E-state index contributed by atoms with van der Waals surface area (Å²) in [6, 6.07) is 15.0. The van der Waals surface area contributed by atoms with Crippen molar-refractivity contribution < 1.29 is 28.6 Å². The molecule has 1 aliphatic heterocycles. The molecule has 0 aliphatic carbocycles. The number of likely N-dealkylation sites (tertiary alicyclic amines) is 1. The van der Waals surface area contributed by atoms with Gasteiger partial charge in [-0.1, -0.05) is 43.6 Å². The Morgan fingerprint density at radius 2 is 1.97 bits per heavy atom. The van der Waals surface area contributed by atoms with Crippen molar-refractivity contribution in [3.05, 3.63) is 70.6 Å². The van der Waals surface area contributed by atoms with E-state index in [0.717, 1.165) is 22.6 Å². The van der Waals surface area contributed by atoms with Crippen LogP contribution in [0.15, 0.2) is 52.9 Å². The zero-order valence-corrected chi connectivity index (χ0v) is 22.6. The molecule has 4 rings (SSSR count). The molecule has 3 aromatic rings. The van der Waals surface area contributed by atoms with Crippen molar-refractivity contribution in [3.8, 4) is 17.2 Å². The highest BCUT2D eigenvalue weighted by Crippen LogP contribution is 2.36. The van der Waals surface area contributed by atoms with Crippen LogP contribution >= 0.6 is 11.6 Å². The van der Waals surface area contributed by atoms with Gasteiger partial charge < -0.3 is 23.9 Å². The molecular formula is C29H33ClN2O6. The van der Waals surface area contributed by atoms with Gasteiger partial charge in [0.05, 0.1) is 25.3 Å². The number of amides is 1. The van der Waals surface area contributed by atoms with Gasteiger partial charge in [-0.2, -0.15) is 0 Å². The van der Waals surface area contributed by atoms with E-state index in [1.807, 2.05) is 63.2 Å². The van der Waals surface area contributed by atoms with Gasteiger partial charge in [-0.3, -0.25) is 4.79 Å². The Morgan fingerprint density at radius 1 is 1.18 bits per heavy atom. The van der Waals surface area contributed by atoms with Gasteiger partial charge in [0.1, 0.15) is 11.5 Å². The molecule has 9 heteroatoms. The molecule has 0 unspecified atom stereocenters. The summed E-state index contributed by atoms with van der Waals surface area (Å²) in [4.78, 5) is 30.3. The van der Waals surface area contributed by atoms with E-state index in [1.54, 1.807) is 11.0 Å². The fraction of sp³-hybridized carbons (Fsp3) is 0.414. The van der Waals surface area contributed by atoms with E-state index in [2.05, 4.69) is 4.98 Å². The Bertz CT molecular complexity index is 1270. The number of ether oxygens (including phenoxy) is 2. The number of rotatable bonds is 10. The summed E-state index contributed by atoms with van der Waals surface area (Å²) >= 11 is 6.09. The van der Waals surface area contributed by atoms with Crippen LogP contribution in [0.3, 0.4) is 0 Å². The van der Waals surface area contributed by atoms with Crippen molar-refractivity contribution in [2.24, 2.45) is 11.8 Å². The lowest BCUT2D eigenvalue weighted by molar-refractivity contribution is -0.138. The molecule has 2 heterocycles. The maximum atomic E-state index is 12.5. The number of aliphatic carboxylic acids is 1. The van der Waals surface area contributed by atoms with Crippen LogP contribution in [-0.2, 0) is 16.0 Å². The van der Waals surface area contributed by atoms with E-state index < -0.39 is 12.1 Å². The molecule has 0 spiro atoms. The maximum Gasteiger partial charge on any atom is 0.409 e. The average Bonchev–Trinajstić information content (AvgIpc) is 3.46. The number of carbonyl (C=O) groups is 2. The fourth-order valence-corrected chi connectivity index (χ4v) is 4.85. The first-order valence-corrected chi connectivity index (χ1v) is 13.2. The number of aryl methyl sites for hydroxylation is 1. The minimum Gasteiger partial charge on any atom is -0.493 e. The molecule has 202 valence electrons. The van der Waals surface area contributed by atoms with Crippen LogP contribution < -0.4 is 4.74 Å². The Labute approximate surface area is 227 Å². The highest BCUT2D eigenvalue weighted by molar-refractivity contribution is 6.30. The summed E-state index contributed by atoms with van der Waals surface area (Å²) in [5.74, 6) is 0.925. The number of carbonyl (C=O) groups excluding carboxylic acids is 1. The van der Waals surface area contributed by atoms with Gasteiger partial charge in [0.25, 0.3) is 0 Å². The number of hydrogen-bond donors (Lipinski definition) is 1. The Morgan fingerprint density at radius 3 is 2.71 bits per heavy atom. The topological polar surface area (TPSA) is 102 Å². The van der Waals surface area contributed by atoms with Gasteiger partial charge in [0.2, 0.25) is 5.89 Å². The number of nitrogens with zero attached hydrogens (tertiary/aromatic N) is 2. The average molecular weight is 541 g/mol. The van der Waals surface area contributed by atoms with Crippen LogP contribution in [-0.4, -0.2) is 53.4 Å². The van der Waals surface area contributed by atoms with E-state index in [1.165, 1.54) is 0 Å². The summed E-state index contributed by atoms with van der Waals surface area (Å²) in [7, 11) is 0. The van der Waals surface area contributed by atoms with Crippen LogP contribution in [0.4, 0.5) is 4.79 Å². The summed E-state index contributed by atoms with van der Waals surface area (Å²) in [6.45, 7) is 7.29. The van der Waals surface area contributed by atoms with E-state index in [0.29, 0.717) is 49.4 Å². The Balaban J connectivity index is 1.40. The van der Waals surface area contributed by atoms with Crippen molar-refractivity contribution in [1.29, 1.82) is 0 Å². The molecule has 38 heavy (non-hydrogen) atoms. The van der Waals surface area contributed by atoms with Crippen molar-refractivity contribution >= 4 is 23.7 Å². The third-order valence-electron chi connectivity index (χ3n) is 6.53. The summed E-state index contributed by atoms with van der Waals surface area (Å²) in [5.41, 5.74) is 2.56. The molecule has 0 saturated carbocycles. The third-order valence-corrected chi connectivity index (χ3v) is 6.77. The second kappa shape index (κ2) is 12.3. The highest BCUT2D eigenvalue weighted by atomic mass is 35.5. The first-order valence-electron chi connectivity index (χ1n) is 12.8. The number of oxazole rings is 1. The van der Waals surface area contributed by atoms with Crippen LogP contribution in [0.5, 0.6) is 5.75 Å². The standard InChI is InChI=1S/C29H33ClN2O6/c1-18(2)17-37-29(35)32-15-22(14-27(33)34)25(16-32)20-6-5-9-24(13-20)36-11-10-26-19(3)38-28(31-26)21-7-4-8-23(30)12-21/h4-9,12-13,18,22,25H,10-11,14-17H2,1-3H3,(H,33,34)/t22-,25-/m1/s1. The highest BCUT2D eigenvalue weighted by Gasteiger charge is 2.38. The van der Waals surface area contributed by atoms with Crippen molar-refractivity contribution in [3.63, 3.8) is 0 Å². The number of carboxylic acid groups (broad SMARTS) is 1. The van der Waals surface area contributed by atoms with Gasteiger partial charge in [-0.05, 0) is 54.7 Å². The van der Waals surface area contributed by atoms with Crippen LogP contribution in [0.1, 0.15) is 43.2 Å². The molecule has 1 amide bonds. The van der Waals surface area contributed by atoms with Crippen LogP contribution in [0.2, 0.25) is 5.02 Å². The molecule has 2 aromatic carbocycles. The van der Waals surface area contributed by atoms with Crippen molar-refractivity contribution in [2.75, 3.05) is 26.3 Å². The predicted octanol–water partition coefficient (Wildman–Crippen LogP) is 6.21. The number of benzene rings is 2. The number of halogens is 1. The molecule has 1 saturated heterocycles. The number of hydrogen-bond acceptors (Lipinski definition) is 6. The molecule has 2 atom stereocenters. The normalized spacial score (nSPS) is 17.1. The van der Waals surface area contributed by atoms with E-state index >= 15 is 0 Å². The zero-order chi connectivity index (χ0) is 27.2.